The minimum atomic E-state index is -0.983. The third kappa shape index (κ3) is 4.48. The molecule has 1 N–H and O–H groups in total. The fraction of sp³-hybridized carbons (Fsp3) is 0.500. The van der Waals surface area contributed by atoms with Gasteiger partial charge in [-0.25, -0.2) is 0 Å². The summed E-state index contributed by atoms with van der Waals surface area (Å²) < 4.78 is 5.70. The van der Waals surface area contributed by atoms with Crippen LogP contribution in [0.3, 0.4) is 0 Å². The lowest BCUT2D eigenvalue weighted by Gasteiger charge is -2.22. The van der Waals surface area contributed by atoms with Crippen molar-refractivity contribution in [3.8, 4) is 5.75 Å². The van der Waals surface area contributed by atoms with Gasteiger partial charge in [0.2, 0.25) is 0 Å². The normalized spacial score (nSPS) is 14.6. The molecule has 1 amide bonds. The number of carbonyl (C=O) groups is 2. The van der Waals surface area contributed by atoms with E-state index in [1.54, 1.807) is 24.3 Å². The molecule has 0 atom stereocenters. The summed E-state index contributed by atoms with van der Waals surface area (Å²) >= 11 is 0. The molecule has 0 saturated heterocycles. The molecule has 21 heavy (non-hydrogen) atoms. The molecule has 0 spiro atoms. The van der Waals surface area contributed by atoms with Gasteiger partial charge in [-0.05, 0) is 57.9 Å². The molecular weight excluding hydrogens is 270 g/mol. The van der Waals surface area contributed by atoms with E-state index in [1.807, 2.05) is 20.8 Å². The molecule has 1 aliphatic rings. The number of carboxylic acid groups (broad SMARTS) is 1. The standard InChI is InChI=1S/C16H21NO4/c1-16(2,3)21-13-8-4-11(5-9-13)15(20)17(10-14(18)19)12-6-7-12/h4-5,8-9,12H,6-7,10H2,1-3H3,(H,18,19). The van der Waals surface area contributed by atoms with E-state index >= 15 is 0 Å². The largest absolute Gasteiger partial charge is 0.488 e. The minimum absolute atomic E-state index is 0.0686. The van der Waals surface area contributed by atoms with Gasteiger partial charge in [-0.1, -0.05) is 0 Å². The summed E-state index contributed by atoms with van der Waals surface area (Å²) in [7, 11) is 0. The van der Waals surface area contributed by atoms with E-state index in [-0.39, 0.29) is 24.1 Å². The molecule has 0 aromatic heterocycles. The molecule has 0 unspecified atom stereocenters. The van der Waals surface area contributed by atoms with E-state index in [1.165, 1.54) is 4.90 Å². The lowest BCUT2D eigenvalue weighted by molar-refractivity contribution is -0.137. The van der Waals surface area contributed by atoms with Crippen LogP contribution in [-0.2, 0) is 4.79 Å². The summed E-state index contributed by atoms with van der Waals surface area (Å²) in [6, 6.07) is 6.91. The molecule has 0 radical (unpaired) electrons. The molecule has 5 heteroatoms. The van der Waals surface area contributed by atoms with Crippen molar-refractivity contribution in [2.24, 2.45) is 0 Å². The fourth-order valence-electron chi connectivity index (χ4n) is 2.08. The number of aliphatic carboxylic acids is 1. The van der Waals surface area contributed by atoms with E-state index in [4.69, 9.17) is 9.84 Å². The molecule has 1 aromatic rings. The molecule has 5 nitrogen and oxygen atoms in total. The molecule has 0 aliphatic heterocycles. The predicted molar refractivity (Wildman–Crippen MR) is 78.5 cm³/mol. The second-order valence-corrected chi connectivity index (χ2v) is 6.30. The van der Waals surface area contributed by atoms with Crippen LogP contribution < -0.4 is 4.74 Å². The van der Waals surface area contributed by atoms with E-state index in [0.717, 1.165) is 12.8 Å². The van der Waals surface area contributed by atoms with Gasteiger partial charge in [0.15, 0.2) is 0 Å². The smallest absolute Gasteiger partial charge is 0.323 e. The number of nitrogens with zero attached hydrogens (tertiary/aromatic N) is 1. The van der Waals surface area contributed by atoms with Crippen LogP contribution in [0.4, 0.5) is 0 Å². The van der Waals surface area contributed by atoms with Crippen LogP contribution >= 0.6 is 0 Å². The van der Waals surface area contributed by atoms with Gasteiger partial charge in [-0.3, -0.25) is 9.59 Å². The third-order valence-corrected chi connectivity index (χ3v) is 3.08. The summed E-state index contributed by atoms with van der Waals surface area (Å²) in [6.45, 7) is 5.61. The number of amides is 1. The molecule has 1 aliphatic carbocycles. The molecule has 1 saturated carbocycles. The van der Waals surface area contributed by atoms with Gasteiger partial charge in [0.1, 0.15) is 17.9 Å². The lowest BCUT2D eigenvalue weighted by Crippen LogP contribution is -2.37. The quantitative estimate of drug-likeness (QED) is 0.905. The molecule has 1 aromatic carbocycles. The van der Waals surface area contributed by atoms with Crippen molar-refractivity contribution in [2.45, 2.75) is 45.3 Å². The van der Waals surface area contributed by atoms with Gasteiger partial charge in [0.05, 0.1) is 0 Å². The minimum Gasteiger partial charge on any atom is -0.488 e. The molecule has 1 fully saturated rings. The second kappa shape index (κ2) is 5.76. The summed E-state index contributed by atoms with van der Waals surface area (Å²) in [5.74, 6) is -0.527. The first-order valence-corrected chi connectivity index (χ1v) is 7.08. The Morgan fingerprint density at radius 3 is 2.24 bits per heavy atom. The predicted octanol–water partition coefficient (Wildman–Crippen LogP) is 2.55. The van der Waals surface area contributed by atoms with Gasteiger partial charge >= 0.3 is 5.97 Å². The zero-order chi connectivity index (χ0) is 15.6. The molecule has 114 valence electrons. The van der Waals surface area contributed by atoms with Crippen LogP contribution in [0.5, 0.6) is 5.75 Å². The Hall–Kier alpha value is -2.04. The maximum atomic E-state index is 12.4. The highest BCUT2D eigenvalue weighted by Crippen LogP contribution is 2.28. The molecule has 0 bridgehead atoms. The highest BCUT2D eigenvalue weighted by atomic mass is 16.5. The SMILES string of the molecule is CC(C)(C)Oc1ccc(C(=O)N(CC(=O)O)C2CC2)cc1. The van der Waals surface area contributed by atoms with Crippen molar-refractivity contribution >= 4 is 11.9 Å². The topological polar surface area (TPSA) is 66.8 Å². The van der Waals surface area contributed by atoms with Gasteiger partial charge in [0, 0.05) is 11.6 Å². The third-order valence-electron chi connectivity index (χ3n) is 3.08. The first-order chi connectivity index (χ1) is 9.76. The monoisotopic (exact) mass is 291 g/mol. The first-order valence-electron chi connectivity index (χ1n) is 7.08. The highest BCUT2D eigenvalue weighted by Gasteiger charge is 2.34. The fourth-order valence-corrected chi connectivity index (χ4v) is 2.08. The van der Waals surface area contributed by atoms with E-state index in [0.29, 0.717) is 11.3 Å². The molecule has 0 heterocycles. The van der Waals surface area contributed by atoms with Crippen LogP contribution in [0, 0.1) is 0 Å². The lowest BCUT2D eigenvalue weighted by atomic mass is 10.1. The number of benzene rings is 1. The summed E-state index contributed by atoms with van der Waals surface area (Å²) in [5.41, 5.74) is 0.193. The Balaban J connectivity index is 2.09. The maximum absolute atomic E-state index is 12.4. The van der Waals surface area contributed by atoms with E-state index < -0.39 is 5.97 Å². The molecular formula is C16H21NO4. The zero-order valence-electron chi connectivity index (χ0n) is 12.6. The van der Waals surface area contributed by atoms with Crippen LogP contribution in [0.1, 0.15) is 44.0 Å². The maximum Gasteiger partial charge on any atom is 0.323 e. The van der Waals surface area contributed by atoms with Crippen molar-refractivity contribution in [2.75, 3.05) is 6.54 Å². The molecule has 2 rings (SSSR count). The Morgan fingerprint density at radius 2 is 1.81 bits per heavy atom. The number of rotatable bonds is 5. The van der Waals surface area contributed by atoms with Crippen molar-refractivity contribution in [1.82, 2.24) is 4.90 Å². The average molecular weight is 291 g/mol. The van der Waals surface area contributed by atoms with Crippen molar-refractivity contribution in [1.29, 1.82) is 0 Å². The Morgan fingerprint density at radius 1 is 1.24 bits per heavy atom. The van der Waals surface area contributed by atoms with E-state index in [9.17, 15) is 9.59 Å². The van der Waals surface area contributed by atoms with Crippen LogP contribution in [-0.4, -0.2) is 40.1 Å². The second-order valence-electron chi connectivity index (χ2n) is 6.30. The van der Waals surface area contributed by atoms with Crippen molar-refractivity contribution in [3.05, 3.63) is 29.8 Å². The highest BCUT2D eigenvalue weighted by molar-refractivity contribution is 5.96. The van der Waals surface area contributed by atoms with Crippen LogP contribution in [0.25, 0.3) is 0 Å². The zero-order valence-corrected chi connectivity index (χ0v) is 12.6. The van der Waals surface area contributed by atoms with Gasteiger partial charge in [-0.15, -0.1) is 0 Å². The van der Waals surface area contributed by atoms with Gasteiger partial charge in [0.25, 0.3) is 5.91 Å². The van der Waals surface area contributed by atoms with Gasteiger partial charge in [-0.2, -0.15) is 0 Å². The summed E-state index contributed by atoms with van der Waals surface area (Å²) in [5, 5.41) is 8.91. The number of hydrogen-bond donors (Lipinski definition) is 1. The Bertz CT molecular complexity index is 526. The average Bonchev–Trinajstić information content (AvgIpc) is 3.18. The van der Waals surface area contributed by atoms with Crippen LogP contribution in [0.2, 0.25) is 0 Å². The number of carboxylic acids is 1. The first kappa shape index (κ1) is 15.4. The number of hydrogen-bond acceptors (Lipinski definition) is 3. The Labute approximate surface area is 124 Å². The van der Waals surface area contributed by atoms with Crippen molar-refractivity contribution < 1.29 is 19.4 Å². The Kier molecular flexibility index (Phi) is 4.21. The van der Waals surface area contributed by atoms with Crippen molar-refractivity contribution in [3.63, 3.8) is 0 Å². The number of carbonyl (C=O) groups excluding carboxylic acids is 1. The van der Waals surface area contributed by atoms with Gasteiger partial charge < -0.3 is 14.7 Å². The van der Waals surface area contributed by atoms with E-state index in [2.05, 4.69) is 0 Å². The summed E-state index contributed by atoms with van der Waals surface area (Å²) in [4.78, 5) is 24.7. The summed E-state index contributed by atoms with van der Waals surface area (Å²) in [6.07, 6.45) is 1.76. The number of ether oxygens (including phenoxy) is 1. The van der Waals surface area contributed by atoms with Crippen LogP contribution in [0.15, 0.2) is 24.3 Å².